The lowest BCUT2D eigenvalue weighted by atomic mass is 10.0. The molecule has 0 aliphatic rings. The minimum Gasteiger partial charge on any atom is -0.477 e. The van der Waals surface area contributed by atoms with Gasteiger partial charge in [0, 0.05) is 25.1 Å². The van der Waals surface area contributed by atoms with Crippen LogP contribution in [-0.4, -0.2) is 20.6 Å². The van der Waals surface area contributed by atoms with Crippen molar-refractivity contribution in [1.82, 2.24) is 9.55 Å². The van der Waals surface area contributed by atoms with Crippen LogP contribution < -0.4 is 5.43 Å². The van der Waals surface area contributed by atoms with Gasteiger partial charge < -0.3 is 9.67 Å². The summed E-state index contributed by atoms with van der Waals surface area (Å²) in [6, 6.07) is 3.79. The molecule has 0 saturated heterocycles. The summed E-state index contributed by atoms with van der Waals surface area (Å²) in [5, 5.41) is 8.81. The van der Waals surface area contributed by atoms with Gasteiger partial charge in [0.2, 0.25) is 5.43 Å². The second-order valence-electron chi connectivity index (χ2n) is 5.14. The van der Waals surface area contributed by atoms with Crippen molar-refractivity contribution < 1.29 is 18.7 Å². The van der Waals surface area contributed by atoms with Crippen LogP contribution >= 0.6 is 0 Å². The van der Waals surface area contributed by atoms with E-state index in [1.165, 1.54) is 29.1 Å². The van der Waals surface area contributed by atoms with E-state index in [1.54, 1.807) is 6.92 Å². The van der Waals surface area contributed by atoms with E-state index >= 15 is 4.39 Å². The lowest BCUT2D eigenvalue weighted by Crippen LogP contribution is -2.20. The number of hydrogen-bond donors (Lipinski definition) is 1. The first kappa shape index (κ1) is 15.8. The zero-order valence-electron chi connectivity index (χ0n) is 12.6. The van der Waals surface area contributed by atoms with Crippen molar-refractivity contribution in [3.8, 4) is 11.1 Å². The molecule has 2 heterocycles. The highest BCUT2D eigenvalue weighted by molar-refractivity contribution is 5.94. The van der Waals surface area contributed by atoms with Crippen LogP contribution in [0.25, 0.3) is 22.0 Å². The molecule has 1 aromatic carbocycles. The number of rotatable bonds is 3. The Labute approximate surface area is 134 Å². The molecule has 0 atom stereocenters. The maximum Gasteiger partial charge on any atom is 0.341 e. The topological polar surface area (TPSA) is 72.2 Å². The van der Waals surface area contributed by atoms with Gasteiger partial charge in [-0.1, -0.05) is 0 Å². The van der Waals surface area contributed by atoms with Crippen LogP contribution in [0.3, 0.4) is 0 Å². The fourth-order valence-corrected chi connectivity index (χ4v) is 2.67. The molecule has 1 N–H and O–H groups in total. The monoisotopic (exact) mass is 330 g/mol. The van der Waals surface area contributed by atoms with Gasteiger partial charge >= 0.3 is 5.97 Å². The third kappa shape index (κ3) is 2.34. The zero-order valence-corrected chi connectivity index (χ0v) is 12.6. The van der Waals surface area contributed by atoms with Crippen LogP contribution in [0.5, 0.6) is 0 Å². The molecule has 122 valence electrons. The Morgan fingerprint density at radius 1 is 1.29 bits per heavy atom. The predicted octanol–water partition coefficient (Wildman–Crippen LogP) is 3.06. The van der Waals surface area contributed by atoms with Crippen molar-refractivity contribution in [3.05, 3.63) is 64.2 Å². The summed E-state index contributed by atoms with van der Waals surface area (Å²) in [4.78, 5) is 27.2. The third-order valence-corrected chi connectivity index (χ3v) is 3.79. The number of aromatic nitrogens is 2. The van der Waals surface area contributed by atoms with E-state index in [0.29, 0.717) is 0 Å². The molecule has 3 aromatic rings. The third-order valence-electron chi connectivity index (χ3n) is 3.79. The Balaban J connectivity index is 2.48. The number of fused-ring (bicyclic) bond motifs is 1. The Morgan fingerprint density at radius 3 is 2.54 bits per heavy atom. The molecular weight excluding hydrogens is 318 g/mol. The molecular formula is C17H12F2N2O3. The Kier molecular flexibility index (Phi) is 3.84. The van der Waals surface area contributed by atoms with E-state index in [1.807, 2.05) is 0 Å². The molecule has 0 aliphatic heterocycles. The summed E-state index contributed by atoms with van der Waals surface area (Å²) < 4.78 is 30.8. The first-order valence-electron chi connectivity index (χ1n) is 7.14. The highest BCUT2D eigenvalue weighted by Gasteiger charge is 2.22. The van der Waals surface area contributed by atoms with Crippen LogP contribution in [0.1, 0.15) is 17.3 Å². The Morgan fingerprint density at radius 2 is 1.96 bits per heavy atom. The smallest absolute Gasteiger partial charge is 0.341 e. The summed E-state index contributed by atoms with van der Waals surface area (Å²) in [6.07, 6.45) is 3.88. The van der Waals surface area contributed by atoms with Crippen LogP contribution in [0.2, 0.25) is 0 Å². The number of pyridine rings is 2. The Bertz CT molecular complexity index is 1010. The van der Waals surface area contributed by atoms with Crippen molar-refractivity contribution in [2.45, 2.75) is 13.5 Å². The number of hydrogen-bond acceptors (Lipinski definition) is 3. The molecule has 0 radical (unpaired) electrons. The molecule has 2 aromatic heterocycles. The van der Waals surface area contributed by atoms with Crippen LogP contribution in [0, 0.1) is 11.6 Å². The lowest BCUT2D eigenvalue weighted by molar-refractivity contribution is 0.0695. The average Bonchev–Trinajstić information content (AvgIpc) is 2.56. The molecule has 0 spiro atoms. The second kappa shape index (κ2) is 5.84. The fraction of sp³-hybridized carbons (Fsp3) is 0.118. The summed E-state index contributed by atoms with van der Waals surface area (Å²) in [7, 11) is 0. The van der Waals surface area contributed by atoms with Crippen molar-refractivity contribution >= 4 is 16.9 Å². The molecule has 0 amide bonds. The van der Waals surface area contributed by atoms with Crippen molar-refractivity contribution in [1.29, 1.82) is 0 Å². The van der Waals surface area contributed by atoms with Crippen molar-refractivity contribution in [2.24, 2.45) is 0 Å². The molecule has 24 heavy (non-hydrogen) atoms. The number of nitrogens with zero attached hydrogens (tertiary/aromatic N) is 2. The van der Waals surface area contributed by atoms with Gasteiger partial charge in [0.05, 0.1) is 16.5 Å². The maximum absolute atomic E-state index is 15.0. The number of halogens is 2. The first-order valence-corrected chi connectivity index (χ1v) is 7.14. The van der Waals surface area contributed by atoms with Gasteiger partial charge in [-0.3, -0.25) is 9.78 Å². The summed E-state index contributed by atoms with van der Waals surface area (Å²) >= 11 is 0. The first-order chi connectivity index (χ1) is 11.5. The minimum atomic E-state index is -1.44. The Hall–Kier alpha value is -3.09. The van der Waals surface area contributed by atoms with Crippen LogP contribution in [0.4, 0.5) is 8.78 Å². The summed E-state index contributed by atoms with van der Waals surface area (Å²) in [6.45, 7) is 1.89. The molecule has 0 aliphatic carbocycles. The molecule has 7 heteroatoms. The van der Waals surface area contributed by atoms with E-state index < -0.39 is 28.6 Å². The van der Waals surface area contributed by atoms with E-state index in [9.17, 15) is 14.0 Å². The van der Waals surface area contributed by atoms with Crippen molar-refractivity contribution in [2.75, 3.05) is 0 Å². The van der Waals surface area contributed by atoms with E-state index in [0.717, 1.165) is 12.3 Å². The van der Waals surface area contributed by atoms with E-state index in [4.69, 9.17) is 5.11 Å². The van der Waals surface area contributed by atoms with Gasteiger partial charge in [0.1, 0.15) is 11.4 Å². The number of carboxylic acid groups (broad SMARTS) is 1. The molecule has 0 fully saturated rings. The molecule has 0 unspecified atom stereocenters. The summed E-state index contributed by atoms with van der Waals surface area (Å²) in [5.41, 5.74) is -1.57. The number of benzene rings is 1. The van der Waals surface area contributed by atoms with Gasteiger partial charge in [-0.05, 0) is 30.7 Å². The largest absolute Gasteiger partial charge is 0.477 e. The predicted molar refractivity (Wildman–Crippen MR) is 84.0 cm³/mol. The highest BCUT2D eigenvalue weighted by atomic mass is 19.1. The quantitative estimate of drug-likeness (QED) is 0.801. The minimum absolute atomic E-state index is 0.124. The van der Waals surface area contributed by atoms with Gasteiger partial charge in [0.15, 0.2) is 5.82 Å². The fourth-order valence-electron chi connectivity index (χ4n) is 2.67. The van der Waals surface area contributed by atoms with Gasteiger partial charge in [-0.2, -0.15) is 0 Å². The number of aromatic carboxylic acids is 1. The molecule has 3 rings (SSSR count). The SMILES string of the molecule is CCn1cc(C(=O)O)c(=O)c2cc(F)c(-c3ccncc3)c(F)c21. The summed E-state index contributed by atoms with van der Waals surface area (Å²) in [5.74, 6) is -3.29. The maximum atomic E-state index is 15.0. The van der Waals surface area contributed by atoms with E-state index in [2.05, 4.69) is 4.98 Å². The number of aryl methyl sites for hydroxylation is 1. The lowest BCUT2D eigenvalue weighted by Gasteiger charge is -2.14. The molecule has 5 nitrogen and oxygen atoms in total. The second-order valence-corrected chi connectivity index (χ2v) is 5.14. The highest BCUT2D eigenvalue weighted by Crippen LogP contribution is 2.30. The number of carboxylic acids is 1. The number of carbonyl (C=O) groups is 1. The van der Waals surface area contributed by atoms with Gasteiger partial charge in [0.25, 0.3) is 0 Å². The molecule has 0 saturated carbocycles. The normalized spacial score (nSPS) is 11.0. The van der Waals surface area contributed by atoms with Crippen LogP contribution in [0.15, 0.2) is 41.6 Å². The van der Waals surface area contributed by atoms with E-state index in [-0.39, 0.29) is 28.6 Å². The standard InChI is InChI=1S/C17H12F2N2O3/c1-2-21-8-11(17(23)24)16(22)10-7-12(18)13(14(19)15(10)21)9-3-5-20-6-4-9/h3-8H,2H2,1H3,(H,23,24). The van der Waals surface area contributed by atoms with Gasteiger partial charge in [-0.15, -0.1) is 0 Å². The van der Waals surface area contributed by atoms with Gasteiger partial charge in [-0.25, -0.2) is 13.6 Å². The molecule has 0 bridgehead atoms. The zero-order chi connectivity index (χ0) is 17.4. The average molecular weight is 330 g/mol. The van der Waals surface area contributed by atoms with Crippen molar-refractivity contribution in [3.63, 3.8) is 0 Å². The van der Waals surface area contributed by atoms with Crippen LogP contribution in [-0.2, 0) is 6.54 Å².